The Labute approximate surface area is 129 Å². The van der Waals surface area contributed by atoms with Gasteiger partial charge in [-0.25, -0.2) is 14.3 Å². The van der Waals surface area contributed by atoms with Gasteiger partial charge in [-0.1, -0.05) is 0 Å². The molecule has 0 bridgehead atoms. The lowest BCUT2D eigenvalue weighted by Gasteiger charge is -2.35. The van der Waals surface area contributed by atoms with Crippen LogP contribution in [0.5, 0.6) is 0 Å². The molecule has 1 aliphatic rings. The fraction of sp³-hybridized carbons (Fsp3) is 0.562. The van der Waals surface area contributed by atoms with Crippen molar-refractivity contribution in [1.29, 1.82) is 0 Å². The predicted molar refractivity (Wildman–Crippen MR) is 83.1 cm³/mol. The van der Waals surface area contributed by atoms with Gasteiger partial charge < -0.3 is 10.0 Å². The lowest BCUT2D eigenvalue weighted by Crippen LogP contribution is -2.40. The van der Waals surface area contributed by atoms with E-state index in [1.54, 1.807) is 16.6 Å². The summed E-state index contributed by atoms with van der Waals surface area (Å²) in [6.07, 6.45) is 4.81. The van der Waals surface area contributed by atoms with Gasteiger partial charge in [0.2, 0.25) is 0 Å². The van der Waals surface area contributed by atoms with Crippen molar-refractivity contribution in [1.82, 2.24) is 19.5 Å². The fourth-order valence-corrected chi connectivity index (χ4v) is 3.13. The molecule has 1 atom stereocenters. The Bertz CT molecular complexity index is 680. The molecule has 3 rings (SSSR count). The predicted octanol–water partition coefficient (Wildman–Crippen LogP) is 2.09. The Balaban J connectivity index is 1.75. The first-order valence-electron chi connectivity index (χ1n) is 7.85. The molecular weight excluding hydrogens is 280 g/mol. The molecular formula is C16H22N4O2. The average molecular weight is 302 g/mol. The zero-order valence-corrected chi connectivity index (χ0v) is 13.1. The van der Waals surface area contributed by atoms with Crippen LogP contribution in [0.1, 0.15) is 42.9 Å². The quantitative estimate of drug-likeness (QED) is 0.936. The Morgan fingerprint density at radius 1 is 1.45 bits per heavy atom. The summed E-state index contributed by atoms with van der Waals surface area (Å²) in [5.74, 6) is 0.435. The smallest absolute Gasteiger partial charge is 0.337 e. The lowest BCUT2D eigenvalue weighted by atomic mass is 9.94. The van der Waals surface area contributed by atoms with Gasteiger partial charge in [0.1, 0.15) is 0 Å². The maximum Gasteiger partial charge on any atom is 0.337 e. The number of carboxylic acid groups (broad SMARTS) is 1. The van der Waals surface area contributed by atoms with Gasteiger partial charge in [0.05, 0.1) is 5.56 Å². The van der Waals surface area contributed by atoms with Gasteiger partial charge in [0, 0.05) is 25.2 Å². The Morgan fingerprint density at radius 3 is 3.00 bits per heavy atom. The highest BCUT2D eigenvalue weighted by Crippen LogP contribution is 2.21. The van der Waals surface area contributed by atoms with E-state index < -0.39 is 5.97 Å². The number of aromatic nitrogens is 3. The summed E-state index contributed by atoms with van der Waals surface area (Å²) in [6, 6.07) is 3.85. The molecule has 1 saturated heterocycles. The second kappa shape index (κ2) is 6.04. The lowest BCUT2D eigenvalue weighted by molar-refractivity contribution is 0.0696. The summed E-state index contributed by atoms with van der Waals surface area (Å²) in [5.41, 5.74) is 0.934. The van der Waals surface area contributed by atoms with Gasteiger partial charge in [-0.2, -0.15) is 5.10 Å². The van der Waals surface area contributed by atoms with Crippen LogP contribution in [0, 0.1) is 5.92 Å². The Hall–Kier alpha value is -1.95. The number of carboxylic acids is 1. The van der Waals surface area contributed by atoms with Crippen molar-refractivity contribution in [2.75, 3.05) is 13.1 Å². The number of fused-ring (bicyclic) bond motifs is 1. The van der Waals surface area contributed by atoms with Crippen LogP contribution in [-0.4, -0.2) is 49.7 Å². The highest BCUT2D eigenvalue weighted by atomic mass is 16.4. The van der Waals surface area contributed by atoms with Crippen LogP contribution >= 0.6 is 0 Å². The van der Waals surface area contributed by atoms with E-state index in [1.807, 2.05) is 0 Å². The zero-order valence-electron chi connectivity index (χ0n) is 13.1. The van der Waals surface area contributed by atoms with Gasteiger partial charge in [0.15, 0.2) is 11.5 Å². The number of rotatable bonds is 4. The zero-order chi connectivity index (χ0) is 15.7. The second-order valence-corrected chi connectivity index (χ2v) is 6.35. The molecule has 0 amide bonds. The van der Waals surface area contributed by atoms with Crippen molar-refractivity contribution in [2.45, 2.75) is 39.2 Å². The second-order valence-electron chi connectivity index (χ2n) is 6.35. The third-order valence-electron chi connectivity index (χ3n) is 4.37. The van der Waals surface area contributed by atoms with Gasteiger partial charge in [0.25, 0.3) is 0 Å². The molecule has 1 fully saturated rings. The van der Waals surface area contributed by atoms with Crippen molar-refractivity contribution >= 4 is 11.6 Å². The first kappa shape index (κ1) is 15.0. The normalized spacial score (nSPS) is 19.9. The van der Waals surface area contributed by atoms with E-state index in [0.29, 0.717) is 17.6 Å². The summed E-state index contributed by atoms with van der Waals surface area (Å²) >= 11 is 0. The van der Waals surface area contributed by atoms with Crippen LogP contribution in [0.2, 0.25) is 0 Å². The molecule has 0 saturated carbocycles. The summed E-state index contributed by atoms with van der Waals surface area (Å²) in [6.45, 7) is 6.74. The first-order valence-corrected chi connectivity index (χ1v) is 7.85. The highest BCUT2D eigenvalue weighted by molar-refractivity contribution is 5.87. The van der Waals surface area contributed by atoms with Crippen molar-refractivity contribution in [3.63, 3.8) is 0 Å². The number of hydrogen-bond acceptors (Lipinski definition) is 4. The standard InChI is InChI=1S/C16H22N4O2/c1-11(2)19-7-3-4-12(9-19)8-14-17-15-6-5-13(16(21)22)10-20(15)18-14/h5-6,10-12H,3-4,7-9H2,1-2H3,(H,21,22). The minimum atomic E-state index is -0.946. The number of likely N-dealkylation sites (tertiary alicyclic amines) is 1. The molecule has 0 spiro atoms. The van der Waals surface area contributed by atoms with Crippen molar-refractivity contribution < 1.29 is 9.90 Å². The third-order valence-corrected chi connectivity index (χ3v) is 4.37. The van der Waals surface area contributed by atoms with E-state index in [0.717, 1.165) is 18.8 Å². The van der Waals surface area contributed by atoms with Crippen molar-refractivity contribution in [2.24, 2.45) is 5.92 Å². The number of nitrogens with zero attached hydrogens (tertiary/aromatic N) is 4. The Morgan fingerprint density at radius 2 is 2.27 bits per heavy atom. The van der Waals surface area contributed by atoms with Gasteiger partial charge >= 0.3 is 5.97 Å². The topological polar surface area (TPSA) is 70.7 Å². The van der Waals surface area contributed by atoms with E-state index in [9.17, 15) is 4.79 Å². The van der Waals surface area contributed by atoms with Crippen LogP contribution in [0.4, 0.5) is 0 Å². The summed E-state index contributed by atoms with van der Waals surface area (Å²) in [4.78, 5) is 18.0. The maximum absolute atomic E-state index is 11.0. The minimum absolute atomic E-state index is 0.229. The molecule has 0 radical (unpaired) electrons. The van der Waals surface area contributed by atoms with Crippen molar-refractivity contribution in [3.8, 4) is 0 Å². The van der Waals surface area contributed by atoms with E-state index in [1.165, 1.54) is 25.6 Å². The molecule has 6 nitrogen and oxygen atoms in total. The minimum Gasteiger partial charge on any atom is -0.478 e. The molecule has 1 unspecified atom stereocenters. The van der Waals surface area contributed by atoms with Crippen LogP contribution in [-0.2, 0) is 6.42 Å². The molecule has 22 heavy (non-hydrogen) atoms. The van der Waals surface area contributed by atoms with Crippen LogP contribution in [0.3, 0.4) is 0 Å². The number of carbonyl (C=O) groups is 1. The molecule has 1 N–H and O–H groups in total. The molecule has 1 aliphatic heterocycles. The third kappa shape index (κ3) is 3.11. The molecule has 6 heteroatoms. The molecule has 0 aliphatic carbocycles. The molecule has 0 aromatic carbocycles. The summed E-state index contributed by atoms with van der Waals surface area (Å²) < 4.78 is 1.57. The fourth-order valence-electron chi connectivity index (χ4n) is 3.13. The number of piperidine rings is 1. The van der Waals surface area contributed by atoms with Crippen molar-refractivity contribution in [3.05, 3.63) is 29.7 Å². The van der Waals surface area contributed by atoms with Gasteiger partial charge in [-0.05, 0) is 51.3 Å². The Kier molecular flexibility index (Phi) is 4.11. The molecule has 2 aromatic rings. The monoisotopic (exact) mass is 302 g/mol. The first-order chi connectivity index (χ1) is 10.5. The number of pyridine rings is 1. The maximum atomic E-state index is 11.0. The van der Waals surface area contributed by atoms with Crippen LogP contribution in [0.25, 0.3) is 5.65 Å². The van der Waals surface area contributed by atoms with Gasteiger partial charge in [-0.15, -0.1) is 0 Å². The van der Waals surface area contributed by atoms with Crippen LogP contribution in [0.15, 0.2) is 18.3 Å². The van der Waals surface area contributed by atoms with Crippen LogP contribution < -0.4 is 0 Å². The molecule has 3 heterocycles. The summed E-state index contributed by atoms with van der Waals surface area (Å²) in [7, 11) is 0. The number of aromatic carboxylic acids is 1. The largest absolute Gasteiger partial charge is 0.478 e. The van der Waals surface area contributed by atoms with E-state index in [2.05, 4.69) is 28.8 Å². The average Bonchev–Trinajstić information content (AvgIpc) is 2.88. The summed E-state index contributed by atoms with van der Waals surface area (Å²) in [5, 5.41) is 13.5. The molecule has 2 aromatic heterocycles. The van der Waals surface area contributed by atoms with Gasteiger partial charge in [-0.3, -0.25) is 0 Å². The number of hydrogen-bond donors (Lipinski definition) is 1. The molecule has 118 valence electrons. The highest BCUT2D eigenvalue weighted by Gasteiger charge is 2.23. The van der Waals surface area contributed by atoms with E-state index in [-0.39, 0.29) is 5.56 Å². The van der Waals surface area contributed by atoms with E-state index in [4.69, 9.17) is 5.11 Å². The SMILES string of the molecule is CC(C)N1CCCC(Cc2nc3ccc(C(=O)O)cn3n2)C1. The van der Waals surface area contributed by atoms with E-state index >= 15 is 0 Å².